The van der Waals surface area contributed by atoms with Gasteiger partial charge >= 0.3 is 0 Å². The van der Waals surface area contributed by atoms with Gasteiger partial charge in [0, 0.05) is 30.1 Å². The van der Waals surface area contributed by atoms with Gasteiger partial charge < -0.3 is 19.8 Å². The molecule has 2 N–H and O–H groups in total. The molecule has 6 nitrogen and oxygen atoms in total. The van der Waals surface area contributed by atoms with Crippen LogP contribution < -0.4 is 10.5 Å². The molecule has 1 amide bonds. The summed E-state index contributed by atoms with van der Waals surface area (Å²) in [4.78, 5) is 24.1. The molecule has 1 fully saturated rings. The van der Waals surface area contributed by atoms with Crippen LogP contribution >= 0.6 is 0 Å². The van der Waals surface area contributed by atoms with E-state index < -0.39 is 5.91 Å². The molecule has 2 heterocycles. The summed E-state index contributed by atoms with van der Waals surface area (Å²) in [7, 11) is 0. The second-order valence-corrected chi connectivity index (χ2v) is 6.60. The normalized spacial score (nSPS) is 16.6. The van der Waals surface area contributed by atoms with Crippen molar-refractivity contribution in [2.45, 2.75) is 39.3 Å². The highest BCUT2D eigenvalue weighted by Crippen LogP contribution is 2.22. The Labute approximate surface area is 152 Å². The van der Waals surface area contributed by atoms with E-state index >= 15 is 0 Å². The molecule has 0 radical (unpaired) electrons. The number of ether oxygens (including phenoxy) is 2. The van der Waals surface area contributed by atoms with E-state index in [1.165, 1.54) is 0 Å². The lowest BCUT2D eigenvalue weighted by Gasteiger charge is -2.15. The van der Waals surface area contributed by atoms with E-state index in [2.05, 4.69) is 4.57 Å². The maximum absolute atomic E-state index is 12.6. The van der Waals surface area contributed by atoms with Crippen molar-refractivity contribution >= 4 is 11.7 Å². The highest BCUT2D eigenvalue weighted by Gasteiger charge is 2.21. The number of carbonyl (C=O) groups is 2. The van der Waals surface area contributed by atoms with Gasteiger partial charge in [-0.3, -0.25) is 9.59 Å². The maximum atomic E-state index is 12.6. The van der Waals surface area contributed by atoms with E-state index in [0.717, 1.165) is 37.4 Å². The molecular weight excluding hydrogens is 332 g/mol. The predicted octanol–water partition coefficient (Wildman–Crippen LogP) is 2.64. The zero-order valence-electron chi connectivity index (χ0n) is 15.2. The maximum Gasteiger partial charge on any atom is 0.252 e. The van der Waals surface area contributed by atoms with Crippen LogP contribution in [-0.2, 0) is 11.3 Å². The Morgan fingerprint density at radius 3 is 2.73 bits per heavy atom. The molecule has 0 saturated carbocycles. The molecule has 0 aliphatic carbocycles. The fourth-order valence-corrected chi connectivity index (χ4v) is 3.37. The summed E-state index contributed by atoms with van der Waals surface area (Å²) < 4.78 is 13.4. The number of amides is 1. The third-order valence-corrected chi connectivity index (χ3v) is 4.80. The van der Waals surface area contributed by atoms with Crippen molar-refractivity contribution in [1.82, 2.24) is 4.57 Å². The molecular formula is C20H24N2O4. The van der Waals surface area contributed by atoms with Crippen LogP contribution in [0, 0.1) is 13.8 Å². The first-order valence-electron chi connectivity index (χ1n) is 8.80. The smallest absolute Gasteiger partial charge is 0.252 e. The highest BCUT2D eigenvalue weighted by molar-refractivity contribution is 5.99. The summed E-state index contributed by atoms with van der Waals surface area (Å²) >= 11 is 0. The Balaban J connectivity index is 1.71. The molecule has 138 valence electrons. The van der Waals surface area contributed by atoms with Crippen LogP contribution in [0.15, 0.2) is 30.3 Å². The van der Waals surface area contributed by atoms with Gasteiger partial charge in [0.25, 0.3) is 5.91 Å². The third-order valence-electron chi connectivity index (χ3n) is 4.80. The van der Waals surface area contributed by atoms with Gasteiger partial charge in [-0.2, -0.15) is 0 Å². The first kappa shape index (κ1) is 18.2. The van der Waals surface area contributed by atoms with Crippen molar-refractivity contribution in [2.75, 3.05) is 13.2 Å². The average molecular weight is 356 g/mol. The fraction of sp³-hybridized carbons (Fsp3) is 0.400. The van der Waals surface area contributed by atoms with Crippen molar-refractivity contribution < 1.29 is 19.1 Å². The van der Waals surface area contributed by atoms with Crippen molar-refractivity contribution in [3.8, 4) is 5.75 Å². The quantitative estimate of drug-likeness (QED) is 0.773. The van der Waals surface area contributed by atoms with Crippen molar-refractivity contribution in [1.29, 1.82) is 0 Å². The molecule has 1 atom stereocenters. The first-order valence-corrected chi connectivity index (χ1v) is 8.80. The Morgan fingerprint density at radius 2 is 2.04 bits per heavy atom. The number of carbonyl (C=O) groups excluding carboxylic acids is 2. The van der Waals surface area contributed by atoms with Crippen molar-refractivity contribution in [2.24, 2.45) is 5.73 Å². The number of nitrogens with two attached hydrogens (primary N) is 1. The SMILES string of the molecule is Cc1cc(C(=O)COc2ccccc2C(N)=O)c(C)n1C[C@H]1CCCO1. The molecule has 0 unspecified atom stereocenters. The second-order valence-electron chi connectivity index (χ2n) is 6.60. The monoisotopic (exact) mass is 356 g/mol. The van der Waals surface area contributed by atoms with Crippen LogP contribution in [0.1, 0.15) is 44.9 Å². The topological polar surface area (TPSA) is 83.5 Å². The minimum absolute atomic E-state index is 0.129. The number of para-hydroxylation sites is 1. The molecule has 1 aliphatic rings. The predicted molar refractivity (Wildman–Crippen MR) is 97.7 cm³/mol. The van der Waals surface area contributed by atoms with E-state index in [1.807, 2.05) is 19.9 Å². The lowest BCUT2D eigenvalue weighted by Crippen LogP contribution is -2.18. The fourth-order valence-electron chi connectivity index (χ4n) is 3.37. The number of Topliss-reactive ketones (excluding diaryl/α,β-unsaturated/α-hetero) is 1. The number of ketones is 1. The van der Waals surface area contributed by atoms with E-state index in [0.29, 0.717) is 11.3 Å². The zero-order chi connectivity index (χ0) is 18.7. The van der Waals surface area contributed by atoms with Crippen molar-refractivity contribution in [3.63, 3.8) is 0 Å². The van der Waals surface area contributed by atoms with Crippen LogP contribution in [0.3, 0.4) is 0 Å². The summed E-state index contributed by atoms with van der Waals surface area (Å²) in [6.07, 6.45) is 2.34. The van der Waals surface area contributed by atoms with Crippen molar-refractivity contribution in [3.05, 3.63) is 52.8 Å². The standard InChI is InChI=1S/C20H24N2O4/c1-13-10-17(14(2)22(13)11-15-6-5-9-25-15)18(23)12-26-19-8-4-3-7-16(19)20(21)24/h3-4,7-8,10,15H,5-6,9,11-12H2,1-2H3,(H2,21,24)/t15-/m1/s1. The Kier molecular flexibility index (Phi) is 5.42. The Bertz CT molecular complexity index is 819. The summed E-state index contributed by atoms with van der Waals surface area (Å²) in [5.74, 6) is -0.389. The van der Waals surface area contributed by atoms with Gasteiger partial charge in [-0.25, -0.2) is 0 Å². The van der Waals surface area contributed by atoms with E-state index in [9.17, 15) is 9.59 Å². The third kappa shape index (κ3) is 3.80. The number of nitrogens with zero attached hydrogens (tertiary/aromatic N) is 1. The number of aryl methyl sites for hydroxylation is 1. The molecule has 26 heavy (non-hydrogen) atoms. The Hall–Kier alpha value is -2.60. The summed E-state index contributed by atoms with van der Waals surface area (Å²) in [5, 5.41) is 0. The van der Waals surface area contributed by atoms with E-state index in [1.54, 1.807) is 24.3 Å². The minimum Gasteiger partial charge on any atom is -0.485 e. The number of primary amides is 1. The van der Waals surface area contributed by atoms with E-state index in [-0.39, 0.29) is 24.1 Å². The van der Waals surface area contributed by atoms with Gasteiger partial charge in [0.15, 0.2) is 6.61 Å². The summed E-state index contributed by atoms with van der Waals surface area (Å²) in [5.41, 5.74) is 8.18. The minimum atomic E-state index is -0.581. The van der Waals surface area contributed by atoms with Gasteiger partial charge in [-0.15, -0.1) is 0 Å². The summed E-state index contributed by atoms with van der Waals surface area (Å²) in [6.45, 7) is 5.35. The molecule has 1 aromatic carbocycles. The summed E-state index contributed by atoms with van der Waals surface area (Å²) in [6, 6.07) is 8.53. The van der Waals surface area contributed by atoms with Crippen LogP contribution in [0.4, 0.5) is 0 Å². The Morgan fingerprint density at radius 1 is 1.27 bits per heavy atom. The molecule has 0 spiro atoms. The number of benzene rings is 1. The zero-order valence-corrected chi connectivity index (χ0v) is 15.2. The van der Waals surface area contributed by atoms with Gasteiger partial charge in [0.2, 0.25) is 5.78 Å². The van der Waals surface area contributed by atoms with E-state index in [4.69, 9.17) is 15.2 Å². The highest BCUT2D eigenvalue weighted by atomic mass is 16.5. The number of aromatic nitrogens is 1. The largest absolute Gasteiger partial charge is 0.485 e. The number of hydrogen-bond acceptors (Lipinski definition) is 4. The average Bonchev–Trinajstić information content (AvgIpc) is 3.23. The molecule has 0 bridgehead atoms. The lowest BCUT2D eigenvalue weighted by molar-refractivity contribution is 0.0907. The van der Waals surface area contributed by atoms with Crippen LogP contribution in [0.2, 0.25) is 0 Å². The molecule has 3 rings (SSSR count). The number of rotatable bonds is 7. The molecule has 1 saturated heterocycles. The van der Waals surface area contributed by atoms with Gasteiger partial charge in [-0.05, 0) is 44.9 Å². The second kappa shape index (κ2) is 7.74. The van der Waals surface area contributed by atoms with Crippen LogP contribution in [-0.4, -0.2) is 35.6 Å². The molecule has 2 aromatic rings. The first-order chi connectivity index (χ1) is 12.5. The van der Waals surface area contributed by atoms with Gasteiger partial charge in [-0.1, -0.05) is 12.1 Å². The molecule has 6 heteroatoms. The lowest BCUT2D eigenvalue weighted by atomic mass is 10.1. The molecule has 1 aliphatic heterocycles. The van der Waals surface area contributed by atoms with Gasteiger partial charge in [0.1, 0.15) is 5.75 Å². The number of hydrogen-bond donors (Lipinski definition) is 1. The van der Waals surface area contributed by atoms with Crippen LogP contribution in [0.25, 0.3) is 0 Å². The molecule has 1 aromatic heterocycles. The van der Waals surface area contributed by atoms with Gasteiger partial charge in [0.05, 0.1) is 11.7 Å². The van der Waals surface area contributed by atoms with Crippen LogP contribution in [0.5, 0.6) is 5.75 Å².